The van der Waals surface area contributed by atoms with E-state index in [2.05, 4.69) is 20.5 Å². The summed E-state index contributed by atoms with van der Waals surface area (Å²) in [6.45, 7) is 0.286. The van der Waals surface area contributed by atoms with E-state index in [0.29, 0.717) is 11.5 Å². The van der Waals surface area contributed by atoms with Gasteiger partial charge in [-0.2, -0.15) is 4.98 Å². The molecule has 0 aliphatic rings. The Hall–Kier alpha value is -2.18. The Bertz CT molecular complexity index is 496. The summed E-state index contributed by atoms with van der Waals surface area (Å²) in [5.74, 6) is -1.25. The van der Waals surface area contributed by atoms with Crippen molar-refractivity contribution in [2.45, 2.75) is 6.54 Å². The number of nitrogen functional groups attached to an aromatic ring is 1. The fourth-order valence-corrected chi connectivity index (χ4v) is 1.18. The van der Waals surface area contributed by atoms with Crippen LogP contribution in [0.5, 0.6) is 0 Å². The monoisotopic (exact) mass is 225 g/mol. The summed E-state index contributed by atoms with van der Waals surface area (Å²) in [5, 5.41) is 8.98. The molecular formula is C9H9F2N5. The predicted molar refractivity (Wildman–Crippen MR) is 54.5 cm³/mol. The lowest BCUT2D eigenvalue weighted by Crippen LogP contribution is -2.02. The minimum Gasteiger partial charge on any atom is -0.368 e. The van der Waals surface area contributed by atoms with Crippen LogP contribution in [0, 0.1) is 11.6 Å². The second kappa shape index (κ2) is 4.13. The third kappa shape index (κ3) is 2.25. The first-order chi connectivity index (χ1) is 7.65. The smallest absolute Gasteiger partial charge is 0.243 e. The van der Waals surface area contributed by atoms with Gasteiger partial charge in [0.15, 0.2) is 11.6 Å². The third-order valence-corrected chi connectivity index (χ3v) is 1.94. The van der Waals surface area contributed by atoms with Gasteiger partial charge in [-0.3, -0.25) is 0 Å². The fraction of sp³-hybridized carbons (Fsp3) is 0.111. The zero-order valence-corrected chi connectivity index (χ0v) is 8.17. The molecule has 7 heteroatoms. The number of rotatable bonds is 3. The van der Waals surface area contributed by atoms with Crippen molar-refractivity contribution in [3.05, 3.63) is 35.4 Å². The van der Waals surface area contributed by atoms with Crippen LogP contribution >= 0.6 is 0 Å². The first kappa shape index (κ1) is 10.3. The van der Waals surface area contributed by atoms with Crippen molar-refractivity contribution in [3.8, 4) is 0 Å². The Balaban J connectivity index is 2.02. The van der Waals surface area contributed by atoms with Crippen molar-refractivity contribution in [2.24, 2.45) is 0 Å². The zero-order chi connectivity index (χ0) is 11.5. The highest BCUT2D eigenvalue weighted by Crippen LogP contribution is 2.10. The van der Waals surface area contributed by atoms with Gasteiger partial charge in [0, 0.05) is 6.54 Å². The van der Waals surface area contributed by atoms with Crippen molar-refractivity contribution in [3.63, 3.8) is 0 Å². The van der Waals surface area contributed by atoms with Crippen molar-refractivity contribution in [2.75, 3.05) is 11.1 Å². The summed E-state index contributed by atoms with van der Waals surface area (Å²) >= 11 is 0. The second-order valence-electron chi connectivity index (χ2n) is 3.15. The maximum absolute atomic E-state index is 12.8. The Morgan fingerprint density at radius 2 is 2.12 bits per heavy atom. The molecule has 1 heterocycles. The van der Waals surface area contributed by atoms with Crippen LogP contribution in [0.2, 0.25) is 0 Å². The minimum absolute atomic E-state index is 0.188. The number of halogens is 2. The van der Waals surface area contributed by atoms with E-state index >= 15 is 0 Å². The molecule has 0 fully saturated rings. The van der Waals surface area contributed by atoms with Crippen LogP contribution in [0.15, 0.2) is 18.2 Å². The number of H-pyrrole nitrogens is 1. The summed E-state index contributed by atoms with van der Waals surface area (Å²) < 4.78 is 25.5. The van der Waals surface area contributed by atoms with Gasteiger partial charge in [-0.05, 0) is 17.7 Å². The number of hydrogen-bond acceptors (Lipinski definition) is 4. The Labute approximate surface area is 89.7 Å². The maximum Gasteiger partial charge on any atom is 0.243 e. The number of nitrogens with two attached hydrogens (primary N) is 1. The van der Waals surface area contributed by atoms with Crippen LogP contribution in [0.3, 0.4) is 0 Å². The largest absolute Gasteiger partial charge is 0.368 e. The van der Waals surface area contributed by atoms with Gasteiger partial charge in [0.25, 0.3) is 0 Å². The van der Waals surface area contributed by atoms with Crippen LogP contribution in [0.25, 0.3) is 0 Å². The molecule has 5 nitrogen and oxygen atoms in total. The predicted octanol–water partition coefficient (Wildman–Crippen LogP) is 1.28. The van der Waals surface area contributed by atoms with Gasteiger partial charge in [-0.25, -0.2) is 13.9 Å². The molecule has 0 unspecified atom stereocenters. The molecule has 0 saturated carbocycles. The molecule has 2 rings (SSSR count). The van der Waals surface area contributed by atoms with Crippen molar-refractivity contribution in [1.82, 2.24) is 15.2 Å². The highest BCUT2D eigenvalue weighted by atomic mass is 19.2. The van der Waals surface area contributed by atoms with Crippen LogP contribution in [0.4, 0.5) is 20.7 Å². The third-order valence-electron chi connectivity index (χ3n) is 1.94. The molecule has 1 aromatic heterocycles. The number of anilines is 2. The quantitative estimate of drug-likeness (QED) is 0.735. The van der Waals surface area contributed by atoms with E-state index in [1.54, 1.807) is 0 Å². The Kier molecular flexibility index (Phi) is 2.67. The van der Waals surface area contributed by atoms with Gasteiger partial charge < -0.3 is 11.1 Å². The lowest BCUT2D eigenvalue weighted by Gasteiger charge is -2.02. The van der Waals surface area contributed by atoms with E-state index in [-0.39, 0.29) is 12.5 Å². The highest BCUT2D eigenvalue weighted by Gasteiger charge is 2.03. The summed E-state index contributed by atoms with van der Waals surface area (Å²) in [5.41, 5.74) is 5.90. The van der Waals surface area contributed by atoms with Gasteiger partial charge in [-0.15, -0.1) is 5.10 Å². The highest BCUT2D eigenvalue weighted by molar-refractivity contribution is 5.31. The molecule has 0 amide bonds. The molecule has 2 aromatic rings. The summed E-state index contributed by atoms with van der Waals surface area (Å²) in [7, 11) is 0. The molecule has 1 aromatic carbocycles. The number of aromatic amines is 1. The second-order valence-corrected chi connectivity index (χ2v) is 3.15. The van der Waals surface area contributed by atoms with E-state index in [4.69, 9.17) is 5.73 Å². The average molecular weight is 225 g/mol. The van der Waals surface area contributed by atoms with E-state index < -0.39 is 11.6 Å². The molecule has 0 bridgehead atoms. The molecule has 4 N–H and O–H groups in total. The Morgan fingerprint density at radius 1 is 1.31 bits per heavy atom. The average Bonchev–Trinajstić information content (AvgIpc) is 2.66. The molecule has 84 valence electrons. The van der Waals surface area contributed by atoms with Crippen molar-refractivity contribution >= 4 is 11.9 Å². The Morgan fingerprint density at radius 3 is 2.75 bits per heavy atom. The zero-order valence-electron chi connectivity index (χ0n) is 8.17. The van der Waals surface area contributed by atoms with E-state index in [1.807, 2.05) is 0 Å². The number of aromatic nitrogens is 3. The summed E-state index contributed by atoms with van der Waals surface area (Å²) in [4.78, 5) is 3.80. The topological polar surface area (TPSA) is 79.6 Å². The molecule has 0 aliphatic heterocycles. The fourth-order valence-electron chi connectivity index (χ4n) is 1.18. The minimum atomic E-state index is -0.881. The lowest BCUT2D eigenvalue weighted by atomic mass is 10.2. The molecule has 0 atom stereocenters. The lowest BCUT2D eigenvalue weighted by molar-refractivity contribution is 0.507. The number of hydrogen-bond donors (Lipinski definition) is 3. The van der Waals surface area contributed by atoms with E-state index in [1.165, 1.54) is 6.07 Å². The van der Waals surface area contributed by atoms with Gasteiger partial charge in [-0.1, -0.05) is 6.07 Å². The van der Waals surface area contributed by atoms with Gasteiger partial charge in [0.2, 0.25) is 11.9 Å². The van der Waals surface area contributed by atoms with Gasteiger partial charge in [0.1, 0.15) is 0 Å². The van der Waals surface area contributed by atoms with Crippen LogP contribution in [0.1, 0.15) is 5.56 Å². The standard InChI is InChI=1S/C9H9F2N5/c10-6-2-1-5(3-7(6)11)4-13-9-14-8(12)15-16-9/h1-3H,4H2,(H4,12,13,14,15,16). The molecule has 16 heavy (non-hydrogen) atoms. The normalized spacial score (nSPS) is 10.4. The van der Waals surface area contributed by atoms with E-state index in [0.717, 1.165) is 12.1 Å². The molecule has 0 aliphatic carbocycles. The van der Waals surface area contributed by atoms with Gasteiger partial charge >= 0.3 is 0 Å². The molecule has 0 spiro atoms. The van der Waals surface area contributed by atoms with Crippen LogP contribution < -0.4 is 11.1 Å². The molecular weight excluding hydrogens is 216 g/mol. The van der Waals surface area contributed by atoms with Crippen LogP contribution in [-0.4, -0.2) is 15.2 Å². The molecule has 0 saturated heterocycles. The van der Waals surface area contributed by atoms with Crippen molar-refractivity contribution in [1.29, 1.82) is 0 Å². The maximum atomic E-state index is 12.8. The number of nitrogens with one attached hydrogen (secondary N) is 2. The first-order valence-electron chi connectivity index (χ1n) is 4.51. The van der Waals surface area contributed by atoms with Crippen LogP contribution in [-0.2, 0) is 6.54 Å². The number of benzene rings is 1. The molecule has 0 radical (unpaired) electrons. The van der Waals surface area contributed by atoms with Gasteiger partial charge in [0.05, 0.1) is 0 Å². The first-order valence-corrected chi connectivity index (χ1v) is 4.51. The van der Waals surface area contributed by atoms with Crippen molar-refractivity contribution < 1.29 is 8.78 Å². The summed E-state index contributed by atoms with van der Waals surface area (Å²) in [6.07, 6.45) is 0. The SMILES string of the molecule is Nc1nc(NCc2ccc(F)c(F)c2)n[nH]1. The van der Waals surface area contributed by atoms with E-state index in [9.17, 15) is 8.78 Å². The summed E-state index contributed by atoms with van der Waals surface area (Å²) in [6, 6.07) is 3.65. The number of nitrogens with zero attached hydrogens (tertiary/aromatic N) is 2.